The van der Waals surface area contributed by atoms with Gasteiger partial charge < -0.3 is 25.7 Å². The summed E-state index contributed by atoms with van der Waals surface area (Å²) in [5.41, 5.74) is 10.2. The van der Waals surface area contributed by atoms with E-state index >= 15 is 0 Å². The number of aliphatic imine (C=N–C) groups is 1. The third-order valence-electron chi connectivity index (χ3n) is 11.1. The number of sulfonamides is 1. The van der Waals surface area contributed by atoms with Gasteiger partial charge in [0.15, 0.2) is 5.78 Å². The van der Waals surface area contributed by atoms with Gasteiger partial charge in [-0.2, -0.15) is 0 Å². The maximum atomic E-state index is 14.5. The zero-order valence-electron chi connectivity index (χ0n) is 33.9. The number of benzene rings is 5. The first-order valence-electron chi connectivity index (χ1n) is 20.0. The number of carbonyl (C=O) groups excluding carboxylic acids is 2. The van der Waals surface area contributed by atoms with Gasteiger partial charge in [-0.3, -0.25) is 14.4 Å². The Morgan fingerprint density at radius 2 is 1.54 bits per heavy atom. The molecule has 0 bridgehead atoms. The molecule has 0 aliphatic carbocycles. The molecule has 1 aliphatic heterocycles. The number of ketones is 1. The van der Waals surface area contributed by atoms with Gasteiger partial charge in [-0.15, -0.1) is 0 Å². The van der Waals surface area contributed by atoms with Crippen LogP contribution in [0, 0.1) is 5.92 Å². The average Bonchev–Trinajstić information content (AvgIpc) is 3.95. The molecule has 1 atom stereocenters. The van der Waals surface area contributed by atoms with Crippen molar-refractivity contribution in [2.24, 2.45) is 16.6 Å². The van der Waals surface area contributed by atoms with Crippen LogP contribution in [0.4, 0.5) is 16.2 Å². The third kappa shape index (κ3) is 7.95. The highest BCUT2D eigenvalue weighted by Crippen LogP contribution is 2.40. The maximum Gasteiger partial charge on any atom is 0.326 e. The second-order valence-electron chi connectivity index (χ2n) is 15.6. The number of rotatable bonds is 13. The summed E-state index contributed by atoms with van der Waals surface area (Å²) >= 11 is 0. The van der Waals surface area contributed by atoms with Crippen LogP contribution >= 0.6 is 0 Å². The van der Waals surface area contributed by atoms with Crippen LogP contribution in [0.2, 0.25) is 0 Å². The van der Waals surface area contributed by atoms with E-state index in [1.165, 1.54) is 6.07 Å². The van der Waals surface area contributed by atoms with Crippen LogP contribution in [0.25, 0.3) is 21.8 Å². The van der Waals surface area contributed by atoms with Crippen molar-refractivity contribution in [2.75, 3.05) is 24.9 Å². The van der Waals surface area contributed by atoms with Gasteiger partial charge in [0.05, 0.1) is 35.2 Å². The molecule has 312 valence electrons. The highest BCUT2D eigenvalue weighted by atomic mass is 32.2. The van der Waals surface area contributed by atoms with Crippen molar-refractivity contribution in [1.82, 2.24) is 14.5 Å². The minimum atomic E-state index is -4.23. The standard InChI is InChI=1S/C47H46N6O7S/c1-28(2)44(61(58,59)51-34-19-20-37-35(25-34)41(45(55)50-37)43(54)30-14-8-5-9-15-30)31-17-21-38-36(24-31)40(46(56)53(38)47(48)57)42(29-12-6-4-7-13-29)49-33-18-16-32(39(26-33)60-3)27-52-22-10-11-23-52/h4-9,12-21,24-26,28,44,50-51,55-56H,10-11,22-23,27H2,1-3H3,(H2,48,57). The number of carbonyl (C=O) groups is 2. The zero-order chi connectivity index (χ0) is 43.0. The van der Waals surface area contributed by atoms with E-state index in [-0.39, 0.29) is 28.2 Å². The summed E-state index contributed by atoms with van der Waals surface area (Å²) in [7, 11) is -2.62. The third-order valence-corrected chi connectivity index (χ3v) is 13.2. The van der Waals surface area contributed by atoms with Crippen molar-refractivity contribution < 1.29 is 33.0 Å². The normalized spacial score (nSPS) is 14.2. The lowest BCUT2D eigenvalue weighted by Gasteiger charge is -2.23. The molecule has 6 N–H and O–H groups in total. The van der Waals surface area contributed by atoms with Crippen LogP contribution in [0.5, 0.6) is 17.5 Å². The molecule has 5 aromatic carbocycles. The van der Waals surface area contributed by atoms with Gasteiger partial charge in [-0.1, -0.05) is 86.6 Å². The molecule has 0 saturated carbocycles. The summed E-state index contributed by atoms with van der Waals surface area (Å²) < 4.78 is 38.6. The number of H-pyrrole nitrogens is 1. The monoisotopic (exact) mass is 838 g/mol. The minimum absolute atomic E-state index is 0.0201. The quantitative estimate of drug-likeness (QED) is 0.0563. The van der Waals surface area contributed by atoms with Crippen molar-refractivity contribution in [2.45, 2.75) is 38.5 Å². The van der Waals surface area contributed by atoms with Crippen LogP contribution in [0.3, 0.4) is 0 Å². The Hall–Kier alpha value is -6.90. The summed E-state index contributed by atoms with van der Waals surface area (Å²) in [6.45, 7) is 6.34. The number of primary amides is 1. The first-order valence-corrected chi connectivity index (χ1v) is 21.6. The number of aromatic amines is 1. The first-order chi connectivity index (χ1) is 29.3. The summed E-state index contributed by atoms with van der Waals surface area (Å²) in [6, 6.07) is 31.9. The number of methoxy groups -OCH3 is 1. The summed E-state index contributed by atoms with van der Waals surface area (Å²) in [6.07, 6.45) is 2.32. The second-order valence-corrected chi connectivity index (χ2v) is 17.4. The fraction of sp³-hybridized carbons (Fsp3) is 0.213. The number of nitrogens with zero attached hydrogens (tertiary/aromatic N) is 3. The van der Waals surface area contributed by atoms with E-state index in [1.807, 2.05) is 48.5 Å². The van der Waals surface area contributed by atoms with E-state index in [9.17, 15) is 28.2 Å². The van der Waals surface area contributed by atoms with Crippen LogP contribution in [0.15, 0.2) is 120 Å². The molecule has 1 amide bonds. The molecule has 13 nitrogen and oxygen atoms in total. The van der Waals surface area contributed by atoms with Gasteiger partial charge in [0.1, 0.15) is 11.0 Å². The van der Waals surface area contributed by atoms with Gasteiger partial charge in [0.25, 0.3) is 0 Å². The molecule has 1 unspecified atom stereocenters. The Balaban J connectivity index is 1.22. The van der Waals surface area contributed by atoms with Crippen molar-refractivity contribution in [3.63, 3.8) is 0 Å². The lowest BCUT2D eigenvalue weighted by molar-refractivity contribution is 0.103. The summed E-state index contributed by atoms with van der Waals surface area (Å²) in [4.78, 5) is 36.7. The molecule has 1 fully saturated rings. The number of likely N-dealkylation sites (tertiary alicyclic amines) is 1. The number of nitrogens with two attached hydrogens (primary N) is 1. The Labute approximate surface area is 353 Å². The number of hydrogen-bond donors (Lipinski definition) is 5. The molecular formula is C47H46N6O7S. The second kappa shape index (κ2) is 16.6. The van der Waals surface area contributed by atoms with Gasteiger partial charge >= 0.3 is 6.03 Å². The van der Waals surface area contributed by atoms with Gasteiger partial charge in [0.2, 0.25) is 21.8 Å². The predicted molar refractivity (Wildman–Crippen MR) is 238 cm³/mol. The molecule has 3 heterocycles. The Morgan fingerprint density at radius 1 is 0.852 bits per heavy atom. The molecular weight excluding hydrogens is 793 g/mol. The number of anilines is 1. The number of aromatic nitrogens is 2. The largest absolute Gasteiger partial charge is 0.496 e. The number of ether oxygens (including phenoxy) is 1. The molecule has 2 aromatic heterocycles. The van der Waals surface area contributed by atoms with Crippen molar-refractivity contribution in [3.05, 3.63) is 149 Å². The minimum Gasteiger partial charge on any atom is -0.496 e. The average molecular weight is 839 g/mol. The lowest BCUT2D eigenvalue weighted by atomic mass is 9.96. The SMILES string of the molecule is COc1cc(N=C(c2ccccc2)c2c(O)n(C(N)=O)c3ccc(C(C(C)C)S(=O)(=O)Nc4ccc5[nH]c(O)c(C(=O)c6ccccc6)c5c4)cc23)ccc1CN1CCCC1. The number of hydrogen-bond acceptors (Lipinski definition) is 9. The van der Waals surface area contributed by atoms with Crippen LogP contribution in [-0.4, -0.2) is 70.8 Å². The van der Waals surface area contributed by atoms with Crippen molar-refractivity contribution in [3.8, 4) is 17.5 Å². The van der Waals surface area contributed by atoms with Crippen LogP contribution in [-0.2, 0) is 16.6 Å². The van der Waals surface area contributed by atoms with E-state index in [2.05, 4.69) is 14.6 Å². The Morgan fingerprint density at radius 3 is 2.20 bits per heavy atom. The molecule has 0 spiro atoms. The lowest BCUT2D eigenvalue weighted by Crippen LogP contribution is -2.25. The summed E-state index contributed by atoms with van der Waals surface area (Å²) in [5, 5.41) is 22.2. The molecule has 0 radical (unpaired) electrons. The molecule has 1 aliphatic rings. The van der Waals surface area contributed by atoms with E-state index in [4.69, 9.17) is 15.5 Å². The van der Waals surface area contributed by atoms with Gasteiger partial charge in [-0.25, -0.2) is 22.8 Å². The molecule has 7 aromatic rings. The zero-order valence-corrected chi connectivity index (χ0v) is 34.7. The van der Waals surface area contributed by atoms with E-state index < -0.39 is 38.9 Å². The molecule has 61 heavy (non-hydrogen) atoms. The molecule has 8 rings (SSSR count). The predicted octanol–water partition coefficient (Wildman–Crippen LogP) is 8.60. The maximum absolute atomic E-state index is 14.5. The topological polar surface area (TPSA) is 192 Å². The van der Waals surface area contributed by atoms with E-state index in [0.29, 0.717) is 50.1 Å². The van der Waals surface area contributed by atoms with E-state index in [1.54, 1.807) is 81.6 Å². The Bertz CT molecular complexity index is 2930. The summed E-state index contributed by atoms with van der Waals surface area (Å²) in [5.74, 6) is -1.02. The molecule has 1 saturated heterocycles. The fourth-order valence-corrected chi connectivity index (χ4v) is 10.2. The number of fused-ring (bicyclic) bond motifs is 2. The highest BCUT2D eigenvalue weighted by Gasteiger charge is 2.33. The van der Waals surface area contributed by atoms with Crippen LogP contribution < -0.4 is 15.2 Å². The number of aromatic hydroxyl groups is 2. The molecule has 14 heteroatoms. The number of amides is 1. The van der Waals surface area contributed by atoms with Crippen molar-refractivity contribution in [1.29, 1.82) is 0 Å². The van der Waals surface area contributed by atoms with Crippen LogP contribution in [0.1, 0.15) is 70.1 Å². The van der Waals surface area contributed by atoms with Gasteiger partial charge in [-0.05, 0) is 73.8 Å². The van der Waals surface area contributed by atoms with Gasteiger partial charge in [0, 0.05) is 51.3 Å². The number of nitrogens with one attached hydrogen (secondary N) is 2. The first kappa shape index (κ1) is 40.9. The smallest absolute Gasteiger partial charge is 0.326 e. The Kier molecular flexibility index (Phi) is 11.1. The van der Waals surface area contributed by atoms with Crippen molar-refractivity contribution >= 4 is 60.7 Å². The van der Waals surface area contributed by atoms with E-state index in [0.717, 1.165) is 42.6 Å². The highest BCUT2D eigenvalue weighted by molar-refractivity contribution is 7.93. The fourth-order valence-electron chi connectivity index (χ4n) is 8.39.